The van der Waals surface area contributed by atoms with Crippen molar-refractivity contribution >= 4 is 0 Å². The van der Waals surface area contributed by atoms with Crippen LogP contribution in [-0.4, -0.2) is 30.2 Å². The number of rotatable bonds is 16. The van der Waals surface area contributed by atoms with Crippen LogP contribution < -0.4 is 0 Å². The Hall–Kier alpha value is -0.380. The molecule has 0 unspecified atom stereocenters. The molecule has 3 nitrogen and oxygen atoms in total. The van der Waals surface area contributed by atoms with Gasteiger partial charge in [-0.05, 0) is 32.1 Å². The zero-order valence-corrected chi connectivity index (χ0v) is 15.5. The zero-order chi connectivity index (χ0) is 15.7. The third kappa shape index (κ3) is 14.9. The first-order valence-electron chi connectivity index (χ1n) is 9.96. The number of hydrogen-bond donors (Lipinski definition) is 0. The fourth-order valence-corrected chi connectivity index (χ4v) is 2.93. The molecule has 138 valence electrons. The molecule has 2 N–H and O–H groups in total. The zero-order valence-electron chi connectivity index (χ0n) is 15.5. The van der Waals surface area contributed by atoms with Crippen molar-refractivity contribution in [2.45, 2.75) is 96.8 Å². The van der Waals surface area contributed by atoms with Gasteiger partial charge in [0.05, 0.1) is 6.61 Å². The molecule has 0 amide bonds. The fourth-order valence-electron chi connectivity index (χ4n) is 2.93. The molecule has 0 radical (unpaired) electrons. The van der Waals surface area contributed by atoms with Crippen molar-refractivity contribution in [3.05, 3.63) is 12.2 Å². The lowest BCUT2D eigenvalue weighted by Crippen LogP contribution is -2.39. The third-order valence-corrected chi connectivity index (χ3v) is 4.53. The third-order valence-electron chi connectivity index (χ3n) is 4.53. The average Bonchev–Trinajstić information content (AvgIpc) is 2.48. The molecule has 1 heterocycles. The van der Waals surface area contributed by atoms with Gasteiger partial charge >= 0.3 is 0 Å². The van der Waals surface area contributed by atoms with Gasteiger partial charge in [0.15, 0.2) is 0 Å². The Balaban J connectivity index is 0.00000484. The van der Waals surface area contributed by atoms with Crippen LogP contribution in [0.25, 0.3) is 0 Å². The van der Waals surface area contributed by atoms with Crippen LogP contribution in [0.2, 0.25) is 0 Å². The number of allylic oxidation sites excluding steroid dienone is 2. The smallest absolute Gasteiger partial charge is 0.0835 e. The Morgan fingerprint density at radius 3 is 1.70 bits per heavy atom. The summed E-state index contributed by atoms with van der Waals surface area (Å²) in [5.74, 6) is 0. The highest BCUT2D eigenvalue weighted by molar-refractivity contribution is 4.81. The first-order valence-corrected chi connectivity index (χ1v) is 9.96. The normalized spacial score (nSPS) is 14.8. The van der Waals surface area contributed by atoms with Gasteiger partial charge < -0.3 is 5.48 Å². The van der Waals surface area contributed by atoms with E-state index >= 15 is 0 Å². The minimum Gasteiger partial charge on any atom is -0.412 e. The number of unbranched alkanes of at least 4 members (excludes halogenated alkanes) is 12. The van der Waals surface area contributed by atoms with Crippen LogP contribution >= 0.6 is 0 Å². The van der Waals surface area contributed by atoms with Crippen LogP contribution in [0.1, 0.15) is 96.8 Å². The van der Waals surface area contributed by atoms with Crippen molar-refractivity contribution in [2.75, 3.05) is 19.7 Å². The molecule has 0 aromatic rings. The van der Waals surface area contributed by atoms with Gasteiger partial charge in [-0.1, -0.05) is 76.9 Å². The molecule has 0 aromatic heterocycles. The first-order chi connectivity index (χ1) is 10.9. The van der Waals surface area contributed by atoms with Gasteiger partial charge in [-0.25, -0.2) is 0 Å². The minimum atomic E-state index is 0. The second kappa shape index (κ2) is 18.0. The molecule has 0 bridgehead atoms. The molecule has 3 heteroatoms. The van der Waals surface area contributed by atoms with Gasteiger partial charge in [0.2, 0.25) is 0 Å². The molecule has 1 saturated heterocycles. The van der Waals surface area contributed by atoms with Crippen molar-refractivity contribution in [1.29, 1.82) is 0 Å². The second-order valence-corrected chi connectivity index (χ2v) is 6.70. The number of hydroxylamine groups is 2. The highest BCUT2D eigenvalue weighted by atomic mass is 16.7. The van der Waals surface area contributed by atoms with Crippen molar-refractivity contribution in [1.82, 2.24) is 5.06 Å². The van der Waals surface area contributed by atoms with Gasteiger partial charge in [-0.2, -0.15) is 5.06 Å². The lowest BCUT2D eigenvalue weighted by Gasteiger charge is -2.29. The molecule has 0 saturated carbocycles. The van der Waals surface area contributed by atoms with E-state index in [-0.39, 0.29) is 5.48 Å². The van der Waals surface area contributed by atoms with Crippen LogP contribution in [0.15, 0.2) is 12.2 Å². The van der Waals surface area contributed by atoms with Crippen molar-refractivity contribution in [3.8, 4) is 0 Å². The quantitative estimate of drug-likeness (QED) is 0.279. The Morgan fingerprint density at radius 1 is 0.739 bits per heavy atom. The molecular formula is C20H41NO2. The van der Waals surface area contributed by atoms with E-state index < -0.39 is 0 Å². The van der Waals surface area contributed by atoms with Crippen LogP contribution in [0.3, 0.4) is 0 Å². The van der Waals surface area contributed by atoms with E-state index in [4.69, 9.17) is 4.84 Å². The predicted molar refractivity (Wildman–Crippen MR) is 101 cm³/mol. The molecule has 23 heavy (non-hydrogen) atoms. The Morgan fingerprint density at radius 2 is 1.22 bits per heavy atom. The van der Waals surface area contributed by atoms with E-state index in [1.54, 1.807) is 0 Å². The van der Waals surface area contributed by atoms with Gasteiger partial charge in [0.25, 0.3) is 0 Å². The molecule has 1 fully saturated rings. The summed E-state index contributed by atoms with van der Waals surface area (Å²) >= 11 is 0. The van der Waals surface area contributed by atoms with E-state index in [0.29, 0.717) is 0 Å². The maximum atomic E-state index is 5.28. The second-order valence-electron chi connectivity index (χ2n) is 6.70. The van der Waals surface area contributed by atoms with Gasteiger partial charge in [-0.3, -0.25) is 4.84 Å². The van der Waals surface area contributed by atoms with E-state index in [1.807, 2.05) is 0 Å². The lowest BCUT2D eigenvalue weighted by atomic mass is 10.1. The van der Waals surface area contributed by atoms with E-state index in [0.717, 1.165) is 19.7 Å². The van der Waals surface area contributed by atoms with Crippen LogP contribution in [0.4, 0.5) is 0 Å². The molecule has 0 atom stereocenters. The summed E-state index contributed by atoms with van der Waals surface area (Å²) in [6, 6.07) is 0. The van der Waals surface area contributed by atoms with Crippen LogP contribution in [0.5, 0.6) is 0 Å². The highest BCUT2D eigenvalue weighted by Crippen LogP contribution is 2.11. The molecule has 0 spiro atoms. The lowest BCUT2D eigenvalue weighted by molar-refractivity contribution is -0.246. The standard InChI is InChI=1S/C20H39NO.H2O/c1-2-3-4-5-6-7-8-9-10-11-12-13-14-15-16-17-18-21-19-20-22-21;/h9-10H,2-8,11-20H2,1H3;1H2/b10-9-;. The largest absolute Gasteiger partial charge is 0.412 e. The highest BCUT2D eigenvalue weighted by Gasteiger charge is 2.12. The summed E-state index contributed by atoms with van der Waals surface area (Å²) in [7, 11) is 0. The predicted octanol–water partition coefficient (Wildman–Crippen LogP) is 5.45. The van der Waals surface area contributed by atoms with Gasteiger partial charge in [0.1, 0.15) is 0 Å². The summed E-state index contributed by atoms with van der Waals surface area (Å²) in [4.78, 5) is 5.28. The monoisotopic (exact) mass is 327 g/mol. The topological polar surface area (TPSA) is 44.0 Å². The molecule has 0 aromatic carbocycles. The molecule has 1 aliphatic rings. The number of hydrogen-bond acceptors (Lipinski definition) is 2. The summed E-state index contributed by atoms with van der Waals surface area (Å²) < 4.78 is 0. The number of nitrogens with zero attached hydrogens (tertiary/aromatic N) is 1. The minimum absolute atomic E-state index is 0. The first kappa shape index (κ1) is 22.6. The maximum absolute atomic E-state index is 5.28. The molecule has 0 aliphatic carbocycles. The molecule has 1 aliphatic heterocycles. The summed E-state index contributed by atoms with van der Waals surface area (Å²) in [6.45, 7) is 5.50. The van der Waals surface area contributed by atoms with Crippen molar-refractivity contribution < 1.29 is 10.3 Å². The Labute approximate surface area is 144 Å². The van der Waals surface area contributed by atoms with Gasteiger partial charge in [-0.15, -0.1) is 0 Å². The van der Waals surface area contributed by atoms with Crippen molar-refractivity contribution in [2.24, 2.45) is 0 Å². The maximum Gasteiger partial charge on any atom is 0.0835 e. The molecular weight excluding hydrogens is 286 g/mol. The van der Waals surface area contributed by atoms with E-state index in [2.05, 4.69) is 24.1 Å². The average molecular weight is 328 g/mol. The molecule has 1 rings (SSSR count). The Kier molecular flexibility index (Phi) is 17.7. The SMILES string of the molecule is CCCCCCCC/C=C\CCCCCCCCN1CCO1.O. The Bertz CT molecular complexity index is 252. The summed E-state index contributed by atoms with van der Waals surface area (Å²) in [5.41, 5.74) is 0. The van der Waals surface area contributed by atoms with E-state index in [1.165, 1.54) is 89.9 Å². The fraction of sp³-hybridized carbons (Fsp3) is 0.900. The van der Waals surface area contributed by atoms with Gasteiger partial charge in [0, 0.05) is 13.1 Å². The van der Waals surface area contributed by atoms with Crippen LogP contribution in [0, 0.1) is 0 Å². The van der Waals surface area contributed by atoms with Crippen molar-refractivity contribution in [3.63, 3.8) is 0 Å². The van der Waals surface area contributed by atoms with Crippen LogP contribution in [-0.2, 0) is 4.84 Å². The van der Waals surface area contributed by atoms with E-state index in [9.17, 15) is 0 Å². The summed E-state index contributed by atoms with van der Waals surface area (Å²) in [6.07, 6.45) is 24.1. The summed E-state index contributed by atoms with van der Waals surface area (Å²) in [5, 5.41) is 2.09.